The number of aliphatic hydroxyl groups excluding tert-OH is 2. The lowest BCUT2D eigenvalue weighted by atomic mass is 10.0. The zero-order valence-corrected chi connectivity index (χ0v) is 12.5. The number of benzene rings is 1. The van der Waals surface area contributed by atoms with Gasteiger partial charge in [0.2, 0.25) is 0 Å². The number of halogens is 1. The maximum Gasteiger partial charge on any atom is 0.408 e. The van der Waals surface area contributed by atoms with Crippen LogP contribution in [-0.2, 0) is 4.74 Å². The molecule has 2 unspecified atom stereocenters. The number of carbonyl (C=O) groups excluding carboxylic acids is 1. The molecule has 1 rings (SSSR count). The summed E-state index contributed by atoms with van der Waals surface area (Å²) in [5.74, 6) is 0. The number of nitrogens with one attached hydrogen (secondary N) is 1. The zero-order valence-electron chi connectivity index (χ0n) is 11.8. The van der Waals surface area contributed by atoms with E-state index in [0.29, 0.717) is 10.6 Å². The van der Waals surface area contributed by atoms with Gasteiger partial charge in [-0.2, -0.15) is 0 Å². The fraction of sp³-hybridized carbons (Fsp3) is 0.500. The topological polar surface area (TPSA) is 78.8 Å². The van der Waals surface area contributed by atoms with Crippen LogP contribution in [0.15, 0.2) is 24.3 Å². The Morgan fingerprint density at radius 2 is 2.10 bits per heavy atom. The minimum Gasteiger partial charge on any atom is -0.444 e. The molecule has 112 valence electrons. The molecule has 1 aromatic rings. The lowest BCUT2D eigenvalue weighted by molar-refractivity contribution is 0.0350. The van der Waals surface area contributed by atoms with Crippen LogP contribution in [0.5, 0.6) is 0 Å². The number of alkyl carbamates (subject to hydrolysis) is 1. The van der Waals surface area contributed by atoms with Crippen LogP contribution >= 0.6 is 11.6 Å². The van der Waals surface area contributed by atoms with E-state index in [1.165, 1.54) is 0 Å². The third kappa shape index (κ3) is 5.36. The zero-order chi connectivity index (χ0) is 15.3. The van der Waals surface area contributed by atoms with E-state index in [4.69, 9.17) is 16.3 Å². The van der Waals surface area contributed by atoms with Gasteiger partial charge < -0.3 is 20.3 Å². The fourth-order valence-corrected chi connectivity index (χ4v) is 1.80. The first-order valence-corrected chi connectivity index (χ1v) is 6.64. The van der Waals surface area contributed by atoms with E-state index in [2.05, 4.69) is 5.32 Å². The molecule has 0 saturated carbocycles. The van der Waals surface area contributed by atoms with E-state index < -0.39 is 30.4 Å². The molecule has 20 heavy (non-hydrogen) atoms. The maximum atomic E-state index is 11.6. The maximum absolute atomic E-state index is 11.6. The van der Waals surface area contributed by atoms with Crippen molar-refractivity contribution in [3.05, 3.63) is 34.9 Å². The Labute approximate surface area is 123 Å². The Balaban J connectivity index is 2.73. The Morgan fingerprint density at radius 1 is 1.45 bits per heavy atom. The van der Waals surface area contributed by atoms with Gasteiger partial charge in [0.05, 0.1) is 12.6 Å². The van der Waals surface area contributed by atoms with Crippen LogP contribution in [-0.4, -0.2) is 34.6 Å². The van der Waals surface area contributed by atoms with E-state index in [-0.39, 0.29) is 0 Å². The summed E-state index contributed by atoms with van der Waals surface area (Å²) >= 11 is 5.84. The van der Waals surface area contributed by atoms with Crippen LogP contribution < -0.4 is 5.32 Å². The lowest BCUT2D eigenvalue weighted by Crippen LogP contribution is -2.44. The summed E-state index contributed by atoms with van der Waals surface area (Å²) in [5, 5.41) is 22.4. The second kappa shape index (κ2) is 6.92. The van der Waals surface area contributed by atoms with Crippen LogP contribution in [0.3, 0.4) is 0 Å². The number of amides is 1. The predicted octanol–water partition coefficient (Wildman–Crippen LogP) is 2.26. The molecule has 5 nitrogen and oxygen atoms in total. The number of carbonyl (C=O) groups is 1. The molecule has 0 saturated heterocycles. The number of hydrogen-bond acceptors (Lipinski definition) is 4. The van der Waals surface area contributed by atoms with Gasteiger partial charge in [-0.15, -0.1) is 0 Å². The van der Waals surface area contributed by atoms with E-state index in [1.807, 2.05) is 0 Å². The van der Waals surface area contributed by atoms with Gasteiger partial charge in [-0.3, -0.25) is 0 Å². The third-order valence-electron chi connectivity index (χ3n) is 2.47. The van der Waals surface area contributed by atoms with E-state index in [9.17, 15) is 15.0 Å². The van der Waals surface area contributed by atoms with E-state index >= 15 is 0 Å². The molecular weight excluding hydrogens is 282 g/mol. The molecule has 1 aromatic carbocycles. The highest BCUT2D eigenvalue weighted by molar-refractivity contribution is 6.30. The number of rotatable bonds is 4. The smallest absolute Gasteiger partial charge is 0.408 e. The highest BCUT2D eigenvalue weighted by Gasteiger charge is 2.25. The van der Waals surface area contributed by atoms with Crippen molar-refractivity contribution < 1.29 is 19.7 Å². The summed E-state index contributed by atoms with van der Waals surface area (Å²) < 4.78 is 5.08. The van der Waals surface area contributed by atoms with Gasteiger partial charge in [0.15, 0.2) is 0 Å². The second-order valence-electron chi connectivity index (χ2n) is 5.44. The van der Waals surface area contributed by atoms with Gasteiger partial charge in [-0.25, -0.2) is 4.79 Å². The number of aliphatic hydroxyl groups is 2. The van der Waals surface area contributed by atoms with Crippen molar-refractivity contribution in [2.24, 2.45) is 0 Å². The van der Waals surface area contributed by atoms with Crippen molar-refractivity contribution in [3.8, 4) is 0 Å². The highest BCUT2D eigenvalue weighted by Crippen LogP contribution is 2.20. The van der Waals surface area contributed by atoms with Crippen LogP contribution in [0.2, 0.25) is 5.02 Å². The van der Waals surface area contributed by atoms with Gasteiger partial charge in [0.1, 0.15) is 11.7 Å². The van der Waals surface area contributed by atoms with Gasteiger partial charge >= 0.3 is 6.09 Å². The van der Waals surface area contributed by atoms with Crippen molar-refractivity contribution >= 4 is 17.7 Å². The molecule has 3 N–H and O–H groups in total. The molecule has 0 aromatic heterocycles. The largest absolute Gasteiger partial charge is 0.444 e. The molecule has 0 bridgehead atoms. The summed E-state index contributed by atoms with van der Waals surface area (Å²) in [7, 11) is 0. The summed E-state index contributed by atoms with van der Waals surface area (Å²) in [6, 6.07) is 5.72. The normalized spacial score (nSPS) is 14.5. The van der Waals surface area contributed by atoms with Crippen molar-refractivity contribution in [1.82, 2.24) is 5.32 Å². The molecule has 0 heterocycles. The minimum atomic E-state index is -1.08. The minimum absolute atomic E-state index is 0.424. The molecule has 0 aliphatic rings. The quantitative estimate of drug-likeness (QED) is 0.797. The number of hydrogen-bond donors (Lipinski definition) is 3. The summed E-state index contributed by atoms with van der Waals surface area (Å²) in [6.45, 7) is 4.77. The molecule has 0 spiro atoms. The first-order chi connectivity index (χ1) is 9.23. The van der Waals surface area contributed by atoms with Crippen LogP contribution in [0, 0.1) is 0 Å². The molecule has 0 aliphatic heterocycles. The second-order valence-corrected chi connectivity index (χ2v) is 5.87. The highest BCUT2D eigenvalue weighted by atomic mass is 35.5. The van der Waals surface area contributed by atoms with Crippen molar-refractivity contribution in [2.75, 3.05) is 6.61 Å². The van der Waals surface area contributed by atoms with E-state index in [1.54, 1.807) is 45.0 Å². The van der Waals surface area contributed by atoms with Gasteiger partial charge in [-0.1, -0.05) is 23.7 Å². The Hall–Kier alpha value is -1.30. The van der Waals surface area contributed by atoms with Gasteiger partial charge in [0.25, 0.3) is 0 Å². The Kier molecular flexibility index (Phi) is 5.80. The average molecular weight is 302 g/mol. The molecule has 0 aliphatic carbocycles. The fourth-order valence-electron chi connectivity index (χ4n) is 1.61. The average Bonchev–Trinajstić information content (AvgIpc) is 2.33. The molecule has 1 amide bonds. The van der Waals surface area contributed by atoms with Gasteiger partial charge in [0, 0.05) is 5.02 Å². The predicted molar refractivity (Wildman–Crippen MR) is 76.7 cm³/mol. The lowest BCUT2D eigenvalue weighted by Gasteiger charge is -2.25. The Morgan fingerprint density at radius 3 is 2.60 bits per heavy atom. The molecule has 0 radical (unpaired) electrons. The summed E-state index contributed by atoms with van der Waals surface area (Å²) in [4.78, 5) is 11.6. The number of ether oxygens (including phenoxy) is 1. The molecule has 0 fully saturated rings. The van der Waals surface area contributed by atoms with Crippen LogP contribution in [0.25, 0.3) is 0 Å². The standard InChI is InChI=1S/C14H20ClNO4/c1-14(2,3)20-13(19)16-11(8-17)12(18)9-5-4-6-10(15)7-9/h4-7,11-12,17-18H,8H2,1-3H3,(H,16,19). The first-order valence-electron chi connectivity index (χ1n) is 6.27. The van der Waals surface area contributed by atoms with Crippen molar-refractivity contribution in [2.45, 2.75) is 38.5 Å². The first kappa shape index (κ1) is 16.8. The van der Waals surface area contributed by atoms with Crippen molar-refractivity contribution in [1.29, 1.82) is 0 Å². The van der Waals surface area contributed by atoms with Crippen LogP contribution in [0.4, 0.5) is 4.79 Å². The molecule has 2 atom stereocenters. The van der Waals surface area contributed by atoms with Crippen LogP contribution in [0.1, 0.15) is 32.4 Å². The molecule has 6 heteroatoms. The SMILES string of the molecule is CC(C)(C)OC(=O)NC(CO)C(O)c1cccc(Cl)c1. The summed E-state index contributed by atoms with van der Waals surface area (Å²) in [5.41, 5.74) is -0.141. The van der Waals surface area contributed by atoms with Gasteiger partial charge in [-0.05, 0) is 38.5 Å². The van der Waals surface area contributed by atoms with E-state index in [0.717, 1.165) is 0 Å². The summed E-state index contributed by atoms with van der Waals surface area (Å²) in [6.07, 6.45) is -1.77. The molecular formula is C14H20ClNO4. The third-order valence-corrected chi connectivity index (χ3v) is 2.71. The monoisotopic (exact) mass is 301 g/mol. The van der Waals surface area contributed by atoms with Crippen molar-refractivity contribution in [3.63, 3.8) is 0 Å². The Bertz CT molecular complexity index is 459.